The van der Waals surface area contributed by atoms with Gasteiger partial charge in [0.05, 0.1) is 0 Å². The van der Waals surface area contributed by atoms with Gasteiger partial charge in [-0.15, -0.1) is 0 Å². The fourth-order valence-corrected chi connectivity index (χ4v) is 1.69. The number of anilines is 1. The molecule has 16 heavy (non-hydrogen) atoms. The summed E-state index contributed by atoms with van der Waals surface area (Å²) in [6, 6.07) is 9.18. The van der Waals surface area contributed by atoms with Gasteiger partial charge in [0.25, 0.3) is 0 Å². The molecular weight excluding hydrogens is 232 g/mol. The highest BCUT2D eigenvalue weighted by Crippen LogP contribution is 2.32. The molecule has 0 spiro atoms. The van der Waals surface area contributed by atoms with E-state index in [1.54, 1.807) is 24.3 Å². The molecule has 0 atom stereocenters. The molecule has 2 aromatic rings. The van der Waals surface area contributed by atoms with Crippen molar-refractivity contribution in [1.29, 1.82) is 0 Å². The smallest absolute Gasteiger partial charge is 0.156 e. The summed E-state index contributed by atoms with van der Waals surface area (Å²) in [5.41, 5.74) is 5.48. The largest absolute Gasteiger partial charge is 0.394 e. The molecule has 82 valence electrons. The van der Waals surface area contributed by atoms with E-state index in [4.69, 9.17) is 17.3 Å². The predicted octanol–water partition coefficient (Wildman–Crippen LogP) is 3.87. The highest BCUT2D eigenvalue weighted by molar-refractivity contribution is 6.33. The molecule has 0 bridgehead atoms. The van der Waals surface area contributed by atoms with Gasteiger partial charge in [-0.3, -0.25) is 0 Å². The third-order valence-electron chi connectivity index (χ3n) is 2.29. The van der Waals surface area contributed by atoms with Gasteiger partial charge in [0.1, 0.15) is 11.5 Å². The van der Waals surface area contributed by atoms with Crippen LogP contribution in [0.5, 0.6) is 0 Å². The lowest BCUT2D eigenvalue weighted by Crippen LogP contribution is -1.97. The van der Waals surface area contributed by atoms with E-state index >= 15 is 0 Å². The first-order chi connectivity index (χ1) is 7.61. The second kappa shape index (κ2) is 4.10. The van der Waals surface area contributed by atoms with Crippen molar-refractivity contribution in [3.63, 3.8) is 0 Å². The molecule has 2 N–H and O–H groups in total. The van der Waals surface area contributed by atoms with Crippen LogP contribution in [0.2, 0.25) is 5.02 Å². The lowest BCUT2D eigenvalue weighted by molar-refractivity contribution is 0.594. The van der Waals surface area contributed by atoms with Crippen molar-refractivity contribution in [2.24, 2.45) is 0 Å². The summed E-state index contributed by atoms with van der Waals surface area (Å²) in [7, 11) is 0. The molecule has 2 rings (SSSR count). The topological polar surface area (TPSA) is 26.0 Å². The minimum Gasteiger partial charge on any atom is -0.394 e. The van der Waals surface area contributed by atoms with Gasteiger partial charge in [-0.1, -0.05) is 29.8 Å². The zero-order valence-electron chi connectivity index (χ0n) is 8.18. The van der Waals surface area contributed by atoms with Crippen LogP contribution in [0.25, 0.3) is 11.1 Å². The van der Waals surface area contributed by atoms with Gasteiger partial charge >= 0.3 is 0 Å². The lowest BCUT2D eigenvalue weighted by Gasteiger charge is -2.07. The fraction of sp³-hybridized carbons (Fsp3) is 0. The first-order valence-electron chi connectivity index (χ1n) is 4.59. The first kappa shape index (κ1) is 10.9. The van der Waals surface area contributed by atoms with Crippen LogP contribution >= 0.6 is 11.6 Å². The number of hydrogen-bond donors (Lipinski definition) is 1. The summed E-state index contributed by atoms with van der Waals surface area (Å²) in [6.45, 7) is 0. The normalized spacial score (nSPS) is 10.4. The first-order valence-corrected chi connectivity index (χ1v) is 4.97. The minimum absolute atomic E-state index is 0.199. The van der Waals surface area contributed by atoms with Crippen molar-refractivity contribution in [1.82, 2.24) is 0 Å². The number of nitrogen functional groups attached to an aromatic ring is 1. The predicted molar refractivity (Wildman–Crippen MR) is 61.2 cm³/mol. The molecule has 2 aromatic carbocycles. The van der Waals surface area contributed by atoms with Gasteiger partial charge < -0.3 is 5.73 Å². The average molecular weight is 240 g/mol. The Morgan fingerprint density at radius 1 is 0.938 bits per heavy atom. The standard InChI is InChI=1S/C12H8ClF2N/c13-9-4-2-1-3-7(9)8-5-6-10(14)12(16)11(8)15/h1-6H,16H2. The summed E-state index contributed by atoms with van der Waals surface area (Å²) in [4.78, 5) is 0. The molecule has 0 aromatic heterocycles. The molecule has 0 aliphatic rings. The van der Waals surface area contributed by atoms with Crippen molar-refractivity contribution in [3.05, 3.63) is 53.1 Å². The van der Waals surface area contributed by atoms with E-state index in [-0.39, 0.29) is 5.56 Å². The Hall–Kier alpha value is -1.61. The van der Waals surface area contributed by atoms with Crippen LogP contribution in [-0.2, 0) is 0 Å². The molecule has 0 heterocycles. The maximum atomic E-state index is 13.7. The van der Waals surface area contributed by atoms with Crippen LogP contribution in [0, 0.1) is 11.6 Å². The van der Waals surface area contributed by atoms with E-state index in [0.29, 0.717) is 10.6 Å². The number of benzene rings is 2. The van der Waals surface area contributed by atoms with Gasteiger partial charge in [0, 0.05) is 16.1 Å². The van der Waals surface area contributed by atoms with Crippen molar-refractivity contribution in [3.8, 4) is 11.1 Å². The van der Waals surface area contributed by atoms with Gasteiger partial charge in [-0.05, 0) is 18.2 Å². The zero-order chi connectivity index (χ0) is 11.7. The van der Waals surface area contributed by atoms with E-state index in [1.165, 1.54) is 6.07 Å². The Morgan fingerprint density at radius 2 is 1.62 bits per heavy atom. The molecule has 0 saturated heterocycles. The third kappa shape index (κ3) is 1.74. The molecule has 1 nitrogen and oxygen atoms in total. The number of halogens is 3. The van der Waals surface area contributed by atoms with E-state index in [9.17, 15) is 8.78 Å². The Balaban J connectivity index is 2.66. The SMILES string of the molecule is Nc1c(F)ccc(-c2ccccc2Cl)c1F. The van der Waals surface area contributed by atoms with E-state index in [2.05, 4.69) is 0 Å². The van der Waals surface area contributed by atoms with Crippen LogP contribution in [0.4, 0.5) is 14.5 Å². The monoisotopic (exact) mass is 239 g/mol. The van der Waals surface area contributed by atoms with E-state index in [1.807, 2.05) is 0 Å². The van der Waals surface area contributed by atoms with Gasteiger partial charge in [0.15, 0.2) is 5.82 Å². The summed E-state index contributed by atoms with van der Waals surface area (Å²) in [5.74, 6) is -1.55. The van der Waals surface area contributed by atoms with E-state index < -0.39 is 17.3 Å². The number of rotatable bonds is 1. The number of nitrogens with two attached hydrogens (primary N) is 1. The highest BCUT2D eigenvalue weighted by atomic mass is 35.5. The van der Waals surface area contributed by atoms with Crippen LogP contribution in [0.3, 0.4) is 0 Å². The van der Waals surface area contributed by atoms with Crippen LogP contribution in [0.1, 0.15) is 0 Å². The molecule has 0 aliphatic carbocycles. The zero-order valence-corrected chi connectivity index (χ0v) is 8.93. The van der Waals surface area contributed by atoms with Crippen molar-refractivity contribution in [2.45, 2.75) is 0 Å². The Labute approximate surface area is 96.5 Å². The molecule has 0 fully saturated rings. The Kier molecular flexibility index (Phi) is 2.79. The Bertz CT molecular complexity index is 541. The molecule has 0 radical (unpaired) electrons. The van der Waals surface area contributed by atoms with Crippen molar-refractivity contribution < 1.29 is 8.78 Å². The fourth-order valence-electron chi connectivity index (χ4n) is 1.46. The summed E-state index contributed by atoms with van der Waals surface area (Å²) >= 11 is 5.92. The molecule has 0 unspecified atom stereocenters. The summed E-state index contributed by atoms with van der Waals surface area (Å²) < 4.78 is 26.7. The average Bonchev–Trinajstić information content (AvgIpc) is 2.28. The maximum absolute atomic E-state index is 13.7. The van der Waals surface area contributed by atoms with Crippen molar-refractivity contribution in [2.75, 3.05) is 5.73 Å². The third-order valence-corrected chi connectivity index (χ3v) is 2.62. The number of hydrogen-bond acceptors (Lipinski definition) is 1. The Morgan fingerprint density at radius 3 is 2.31 bits per heavy atom. The molecule has 0 aliphatic heterocycles. The van der Waals surface area contributed by atoms with Crippen LogP contribution < -0.4 is 5.73 Å². The molecule has 4 heteroatoms. The second-order valence-electron chi connectivity index (χ2n) is 3.30. The van der Waals surface area contributed by atoms with E-state index in [0.717, 1.165) is 6.07 Å². The second-order valence-corrected chi connectivity index (χ2v) is 3.71. The quantitative estimate of drug-likeness (QED) is 0.751. The highest BCUT2D eigenvalue weighted by Gasteiger charge is 2.13. The summed E-state index contributed by atoms with van der Waals surface area (Å²) in [5, 5.41) is 0.396. The molecule has 0 saturated carbocycles. The van der Waals surface area contributed by atoms with Crippen LogP contribution in [0.15, 0.2) is 36.4 Å². The van der Waals surface area contributed by atoms with Gasteiger partial charge in [0.2, 0.25) is 0 Å². The molecule has 0 amide bonds. The van der Waals surface area contributed by atoms with Gasteiger partial charge in [-0.2, -0.15) is 0 Å². The van der Waals surface area contributed by atoms with Crippen LogP contribution in [-0.4, -0.2) is 0 Å². The molecular formula is C12H8ClF2N. The van der Waals surface area contributed by atoms with Crippen molar-refractivity contribution >= 4 is 17.3 Å². The maximum Gasteiger partial charge on any atom is 0.156 e. The minimum atomic E-state index is -0.784. The van der Waals surface area contributed by atoms with Gasteiger partial charge in [-0.25, -0.2) is 8.78 Å². The summed E-state index contributed by atoms with van der Waals surface area (Å²) in [6.07, 6.45) is 0. The lowest BCUT2D eigenvalue weighted by atomic mass is 10.0.